The third kappa shape index (κ3) is 3.74. The average molecular weight is 370 g/mol. The monoisotopic (exact) mass is 370 g/mol. The fourth-order valence-corrected chi connectivity index (χ4v) is 2.62. The summed E-state index contributed by atoms with van der Waals surface area (Å²) in [6.07, 6.45) is 0.697. The van der Waals surface area contributed by atoms with Gasteiger partial charge in [-0.1, -0.05) is 25.1 Å². The Bertz CT molecular complexity index is 1050. The molecule has 27 heavy (non-hydrogen) atoms. The molecule has 0 atom stereocenters. The van der Waals surface area contributed by atoms with Gasteiger partial charge in [-0.25, -0.2) is 14.3 Å². The van der Waals surface area contributed by atoms with Gasteiger partial charge in [-0.2, -0.15) is 5.10 Å². The third-order valence-corrected chi connectivity index (χ3v) is 3.89. The first-order chi connectivity index (χ1) is 13.0. The number of aromatic nitrogens is 2. The van der Waals surface area contributed by atoms with Crippen molar-refractivity contribution in [2.45, 2.75) is 26.5 Å². The second-order valence-corrected chi connectivity index (χ2v) is 5.76. The highest BCUT2D eigenvalue weighted by atomic mass is 16.6. The van der Waals surface area contributed by atoms with Gasteiger partial charge >= 0.3 is 11.9 Å². The maximum absolute atomic E-state index is 12.6. The number of esters is 2. The predicted molar refractivity (Wildman–Crippen MR) is 95.5 cm³/mol. The Morgan fingerprint density at radius 1 is 1.11 bits per heavy atom. The number of benzene rings is 1. The first-order valence-electron chi connectivity index (χ1n) is 8.39. The van der Waals surface area contributed by atoms with Crippen LogP contribution in [0, 0.1) is 0 Å². The number of ether oxygens (including phenoxy) is 2. The first kappa shape index (κ1) is 18.4. The maximum Gasteiger partial charge on any atom is 0.373 e. The summed E-state index contributed by atoms with van der Waals surface area (Å²) >= 11 is 0. The van der Waals surface area contributed by atoms with Crippen molar-refractivity contribution in [1.29, 1.82) is 0 Å². The second-order valence-electron chi connectivity index (χ2n) is 5.76. The average Bonchev–Trinajstić information content (AvgIpc) is 3.17. The molecule has 0 saturated carbocycles. The largest absolute Gasteiger partial charge is 0.463 e. The zero-order valence-electron chi connectivity index (χ0n) is 14.9. The number of rotatable bonds is 6. The standard InChI is InChI=1S/C19H18N2O6/c1-3-10-21-17(22)14-7-5-4-6-13(14)16(20-21)19(24)26-11-12-8-9-15(27-12)18(23)25-2/h4-9H,3,10-11H2,1-2H3. The van der Waals surface area contributed by atoms with Gasteiger partial charge < -0.3 is 13.9 Å². The van der Waals surface area contributed by atoms with Crippen LogP contribution in [0.25, 0.3) is 10.8 Å². The van der Waals surface area contributed by atoms with Crippen LogP contribution in [0.15, 0.2) is 45.6 Å². The van der Waals surface area contributed by atoms with E-state index in [2.05, 4.69) is 9.84 Å². The lowest BCUT2D eigenvalue weighted by Crippen LogP contribution is -2.26. The molecule has 8 heteroatoms. The van der Waals surface area contributed by atoms with Crippen LogP contribution in [-0.4, -0.2) is 28.8 Å². The molecule has 0 aliphatic rings. The van der Waals surface area contributed by atoms with Crippen molar-refractivity contribution in [3.05, 3.63) is 64.0 Å². The highest BCUT2D eigenvalue weighted by molar-refractivity contribution is 6.02. The summed E-state index contributed by atoms with van der Waals surface area (Å²) in [5, 5.41) is 5.00. The van der Waals surface area contributed by atoms with E-state index in [1.165, 1.54) is 23.9 Å². The molecule has 3 rings (SSSR count). The summed E-state index contributed by atoms with van der Waals surface area (Å²) < 4.78 is 16.3. The van der Waals surface area contributed by atoms with E-state index in [0.29, 0.717) is 23.7 Å². The summed E-state index contributed by atoms with van der Waals surface area (Å²) in [7, 11) is 1.24. The first-order valence-corrected chi connectivity index (χ1v) is 8.39. The maximum atomic E-state index is 12.6. The molecule has 0 radical (unpaired) electrons. The molecule has 0 saturated heterocycles. The molecular formula is C19H18N2O6. The summed E-state index contributed by atoms with van der Waals surface area (Å²) in [6.45, 7) is 2.13. The molecule has 0 N–H and O–H groups in total. The fourth-order valence-electron chi connectivity index (χ4n) is 2.62. The number of nitrogens with zero attached hydrogens (tertiary/aromatic N) is 2. The molecule has 140 valence electrons. The summed E-state index contributed by atoms with van der Waals surface area (Å²) in [6, 6.07) is 9.70. The van der Waals surface area contributed by atoms with Crippen LogP contribution in [-0.2, 0) is 22.6 Å². The van der Waals surface area contributed by atoms with Gasteiger partial charge in [-0.15, -0.1) is 0 Å². The number of aryl methyl sites for hydroxylation is 1. The molecule has 0 spiro atoms. The van der Waals surface area contributed by atoms with Gasteiger partial charge in [-0.05, 0) is 24.6 Å². The SMILES string of the molecule is CCCn1nc(C(=O)OCc2ccc(C(=O)OC)o2)c2ccccc2c1=O. The molecule has 0 amide bonds. The Balaban J connectivity index is 1.87. The van der Waals surface area contributed by atoms with E-state index in [1.54, 1.807) is 24.3 Å². The van der Waals surface area contributed by atoms with Crippen LogP contribution in [0.2, 0.25) is 0 Å². The Morgan fingerprint density at radius 2 is 1.85 bits per heavy atom. The number of fused-ring (bicyclic) bond motifs is 1. The van der Waals surface area contributed by atoms with Gasteiger partial charge in [0.15, 0.2) is 5.69 Å². The van der Waals surface area contributed by atoms with E-state index in [9.17, 15) is 14.4 Å². The zero-order chi connectivity index (χ0) is 19.4. The normalized spacial score (nSPS) is 10.7. The van der Waals surface area contributed by atoms with Crippen molar-refractivity contribution in [2.24, 2.45) is 0 Å². The van der Waals surface area contributed by atoms with Crippen LogP contribution in [0.4, 0.5) is 0 Å². The van der Waals surface area contributed by atoms with Crippen LogP contribution in [0.1, 0.15) is 40.1 Å². The smallest absolute Gasteiger partial charge is 0.373 e. The highest BCUT2D eigenvalue weighted by Gasteiger charge is 2.19. The Labute approximate surface area is 154 Å². The molecule has 2 aromatic heterocycles. The summed E-state index contributed by atoms with van der Waals surface area (Å²) in [5.41, 5.74) is -0.198. The molecule has 0 aliphatic heterocycles. The van der Waals surface area contributed by atoms with Crippen LogP contribution >= 0.6 is 0 Å². The summed E-state index contributed by atoms with van der Waals surface area (Å²) in [4.78, 5) is 36.4. The van der Waals surface area contributed by atoms with Gasteiger partial charge in [-0.3, -0.25) is 4.79 Å². The molecule has 0 bridgehead atoms. The Hall–Kier alpha value is -3.42. The topological polar surface area (TPSA) is 101 Å². The zero-order valence-corrected chi connectivity index (χ0v) is 14.9. The van der Waals surface area contributed by atoms with Gasteiger partial charge in [0.1, 0.15) is 12.4 Å². The molecule has 8 nitrogen and oxygen atoms in total. The fraction of sp³-hybridized carbons (Fsp3) is 0.263. The van der Waals surface area contributed by atoms with Crippen molar-refractivity contribution >= 4 is 22.7 Å². The predicted octanol–water partition coefficient (Wildman–Crippen LogP) is 2.54. The van der Waals surface area contributed by atoms with Gasteiger partial charge in [0.25, 0.3) is 5.56 Å². The number of hydrogen-bond donors (Lipinski definition) is 0. The summed E-state index contributed by atoms with van der Waals surface area (Å²) in [5.74, 6) is -1.00. The van der Waals surface area contributed by atoms with Crippen molar-refractivity contribution in [3.8, 4) is 0 Å². The molecule has 0 aliphatic carbocycles. The number of carbonyl (C=O) groups excluding carboxylic acids is 2. The lowest BCUT2D eigenvalue weighted by molar-refractivity contribution is 0.0431. The minimum atomic E-state index is -0.688. The van der Waals surface area contributed by atoms with E-state index >= 15 is 0 Å². The number of hydrogen-bond acceptors (Lipinski definition) is 7. The Morgan fingerprint density at radius 3 is 2.56 bits per heavy atom. The van der Waals surface area contributed by atoms with Gasteiger partial charge in [0, 0.05) is 11.9 Å². The van der Waals surface area contributed by atoms with Gasteiger partial charge in [0.2, 0.25) is 5.76 Å². The minimum absolute atomic E-state index is 0.0172. The second kappa shape index (κ2) is 7.86. The third-order valence-electron chi connectivity index (χ3n) is 3.89. The molecule has 1 aromatic carbocycles. The van der Waals surface area contributed by atoms with E-state index in [4.69, 9.17) is 9.15 Å². The molecular weight excluding hydrogens is 352 g/mol. The van der Waals surface area contributed by atoms with Crippen LogP contribution in [0.5, 0.6) is 0 Å². The van der Waals surface area contributed by atoms with Crippen molar-refractivity contribution in [3.63, 3.8) is 0 Å². The number of methoxy groups -OCH3 is 1. The van der Waals surface area contributed by atoms with Crippen molar-refractivity contribution < 1.29 is 23.5 Å². The van der Waals surface area contributed by atoms with Gasteiger partial charge in [0.05, 0.1) is 12.5 Å². The minimum Gasteiger partial charge on any atom is -0.463 e. The van der Waals surface area contributed by atoms with Crippen molar-refractivity contribution in [2.75, 3.05) is 7.11 Å². The van der Waals surface area contributed by atoms with E-state index in [-0.39, 0.29) is 29.4 Å². The number of furan rings is 1. The molecule has 0 fully saturated rings. The van der Waals surface area contributed by atoms with Crippen LogP contribution < -0.4 is 5.56 Å². The Kier molecular flexibility index (Phi) is 5.35. The lowest BCUT2D eigenvalue weighted by Gasteiger charge is -2.09. The number of carbonyl (C=O) groups is 2. The van der Waals surface area contributed by atoms with Crippen molar-refractivity contribution in [1.82, 2.24) is 9.78 Å². The van der Waals surface area contributed by atoms with E-state index < -0.39 is 11.9 Å². The lowest BCUT2D eigenvalue weighted by atomic mass is 10.1. The van der Waals surface area contributed by atoms with Crippen LogP contribution in [0.3, 0.4) is 0 Å². The molecule has 3 aromatic rings. The quantitative estimate of drug-likeness (QED) is 0.615. The van der Waals surface area contributed by atoms with E-state index in [0.717, 1.165) is 0 Å². The molecule has 0 unspecified atom stereocenters. The highest BCUT2D eigenvalue weighted by Crippen LogP contribution is 2.16. The molecule has 2 heterocycles. The van der Waals surface area contributed by atoms with E-state index in [1.807, 2.05) is 6.92 Å².